The van der Waals surface area contributed by atoms with Crippen molar-refractivity contribution >= 4 is 0 Å². The van der Waals surface area contributed by atoms with Gasteiger partial charge in [-0.1, -0.05) is 13.0 Å². The first-order chi connectivity index (χ1) is 8.76. The summed E-state index contributed by atoms with van der Waals surface area (Å²) in [5.74, 6) is 0.638. The number of nitrogens with one attached hydrogen (secondary N) is 1. The van der Waals surface area contributed by atoms with Crippen LogP contribution >= 0.6 is 0 Å². The Balaban J connectivity index is 2.34. The molecule has 0 amide bonds. The van der Waals surface area contributed by atoms with Gasteiger partial charge in [0.25, 0.3) is 0 Å². The topological polar surface area (TPSA) is 34.4 Å². The van der Waals surface area contributed by atoms with Gasteiger partial charge in [0.15, 0.2) is 11.6 Å². The zero-order valence-electron chi connectivity index (χ0n) is 10.4. The van der Waals surface area contributed by atoms with E-state index < -0.39 is 0 Å². The van der Waals surface area contributed by atoms with Crippen LogP contribution in [-0.4, -0.2) is 13.7 Å². The van der Waals surface area contributed by atoms with Gasteiger partial charge in [0.2, 0.25) is 0 Å². The second-order valence-electron chi connectivity index (χ2n) is 3.90. The van der Waals surface area contributed by atoms with Gasteiger partial charge in [-0.3, -0.25) is 0 Å². The molecule has 1 N–H and O–H groups in total. The second-order valence-corrected chi connectivity index (χ2v) is 3.90. The molecule has 96 valence electrons. The molecule has 0 spiro atoms. The maximum Gasteiger partial charge on any atom is 0.165 e. The number of halogens is 1. The van der Waals surface area contributed by atoms with Crippen molar-refractivity contribution in [3.05, 3.63) is 53.7 Å². The van der Waals surface area contributed by atoms with Crippen LogP contribution in [0.1, 0.15) is 24.3 Å². The van der Waals surface area contributed by atoms with E-state index in [9.17, 15) is 4.39 Å². The lowest BCUT2D eigenvalue weighted by molar-refractivity contribution is 0.385. The number of ether oxygens (including phenoxy) is 1. The summed E-state index contributed by atoms with van der Waals surface area (Å²) >= 11 is 0. The zero-order chi connectivity index (χ0) is 13.0. The van der Waals surface area contributed by atoms with Crippen LogP contribution in [0, 0.1) is 5.82 Å². The highest BCUT2D eigenvalue weighted by molar-refractivity contribution is 5.34. The van der Waals surface area contributed by atoms with Gasteiger partial charge in [0.05, 0.1) is 19.4 Å². The lowest BCUT2D eigenvalue weighted by atomic mass is 10.0. The Morgan fingerprint density at radius 2 is 2.22 bits per heavy atom. The van der Waals surface area contributed by atoms with Crippen LogP contribution in [0.3, 0.4) is 0 Å². The molecule has 3 nitrogen and oxygen atoms in total. The quantitative estimate of drug-likeness (QED) is 0.884. The van der Waals surface area contributed by atoms with Gasteiger partial charge in [0, 0.05) is 0 Å². The summed E-state index contributed by atoms with van der Waals surface area (Å²) in [6, 6.07) is 8.46. The summed E-state index contributed by atoms with van der Waals surface area (Å²) in [5.41, 5.74) is 0.810. The molecule has 1 aromatic heterocycles. The van der Waals surface area contributed by atoms with Crippen molar-refractivity contribution in [2.75, 3.05) is 13.7 Å². The van der Waals surface area contributed by atoms with Crippen LogP contribution in [0.5, 0.6) is 5.75 Å². The third-order valence-electron chi connectivity index (χ3n) is 2.75. The summed E-state index contributed by atoms with van der Waals surface area (Å²) in [6.45, 7) is 2.76. The summed E-state index contributed by atoms with van der Waals surface area (Å²) in [6.07, 6.45) is 1.61. The molecule has 0 radical (unpaired) electrons. The highest BCUT2D eigenvalue weighted by Crippen LogP contribution is 2.26. The maximum atomic E-state index is 13.7. The first-order valence-electron chi connectivity index (χ1n) is 5.86. The first-order valence-corrected chi connectivity index (χ1v) is 5.86. The van der Waals surface area contributed by atoms with Gasteiger partial charge in [-0.2, -0.15) is 0 Å². The van der Waals surface area contributed by atoms with Crippen molar-refractivity contribution in [1.82, 2.24) is 5.32 Å². The molecule has 0 bridgehead atoms. The highest BCUT2D eigenvalue weighted by Gasteiger charge is 2.17. The van der Waals surface area contributed by atoms with E-state index in [1.165, 1.54) is 13.2 Å². The lowest BCUT2D eigenvalue weighted by Crippen LogP contribution is -2.21. The van der Waals surface area contributed by atoms with Gasteiger partial charge in [-0.25, -0.2) is 4.39 Å². The molecule has 1 unspecified atom stereocenters. The molecule has 0 saturated carbocycles. The van der Waals surface area contributed by atoms with Crippen LogP contribution in [0.2, 0.25) is 0 Å². The molecule has 2 rings (SSSR count). The Morgan fingerprint density at radius 1 is 1.39 bits per heavy atom. The predicted octanol–water partition coefficient (Wildman–Crippen LogP) is 3.13. The lowest BCUT2D eigenvalue weighted by Gasteiger charge is -2.16. The van der Waals surface area contributed by atoms with Crippen LogP contribution in [-0.2, 0) is 0 Å². The SMILES string of the molecule is CCNC(c1ccc(OC)c(F)c1)c1ccco1. The molecule has 0 aliphatic heterocycles. The molecular formula is C14H16FNO2. The first kappa shape index (κ1) is 12.6. The normalized spacial score (nSPS) is 12.4. The van der Waals surface area contributed by atoms with E-state index in [0.717, 1.165) is 17.9 Å². The average molecular weight is 249 g/mol. The minimum absolute atomic E-state index is 0.148. The zero-order valence-corrected chi connectivity index (χ0v) is 10.4. The van der Waals surface area contributed by atoms with Gasteiger partial charge in [-0.05, 0) is 36.4 Å². The second kappa shape index (κ2) is 5.69. The number of furan rings is 1. The van der Waals surface area contributed by atoms with Crippen molar-refractivity contribution in [2.24, 2.45) is 0 Å². The Morgan fingerprint density at radius 3 is 2.78 bits per heavy atom. The predicted molar refractivity (Wildman–Crippen MR) is 67.2 cm³/mol. The van der Waals surface area contributed by atoms with Crippen molar-refractivity contribution in [1.29, 1.82) is 0 Å². The Bertz CT molecular complexity index is 497. The van der Waals surface area contributed by atoms with Crippen LogP contribution in [0.25, 0.3) is 0 Å². The minimum Gasteiger partial charge on any atom is -0.494 e. The van der Waals surface area contributed by atoms with Crippen molar-refractivity contribution in [2.45, 2.75) is 13.0 Å². The van der Waals surface area contributed by atoms with E-state index in [-0.39, 0.29) is 17.6 Å². The largest absolute Gasteiger partial charge is 0.494 e. The standard InChI is InChI=1S/C14H16FNO2/c1-3-16-14(13-5-4-8-18-13)10-6-7-12(17-2)11(15)9-10/h4-9,14,16H,3H2,1-2H3. The van der Waals surface area contributed by atoms with E-state index in [4.69, 9.17) is 9.15 Å². The molecule has 1 aromatic carbocycles. The van der Waals surface area contributed by atoms with Gasteiger partial charge in [0.1, 0.15) is 5.76 Å². The number of hydrogen-bond donors (Lipinski definition) is 1. The molecule has 18 heavy (non-hydrogen) atoms. The molecule has 2 aromatic rings. The summed E-state index contributed by atoms with van der Waals surface area (Å²) in [4.78, 5) is 0. The molecule has 0 fully saturated rings. The van der Waals surface area contributed by atoms with Crippen molar-refractivity contribution < 1.29 is 13.5 Å². The molecule has 0 saturated heterocycles. The number of methoxy groups -OCH3 is 1. The van der Waals surface area contributed by atoms with Crippen LogP contribution in [0.4, 0.5) is 4.39 Å². The Hall–Kier alpha value is -1.81. The molecule has 0 aliphatic rings. The van der Waals surface area contributed by atoms with Crippen molar-refractivity contribution in [3.63, 3.8) is 0 Å². The van der Waals surface area contributed by atoms with Crippen molar-refractivity contribution in [3.8, 4) is 5.75 Å². The smallest absolute Gasteiger partial charge is 0.165 e. The average Bonchev–Trinajstić information content (AvgIpc) is 2.89. The maximum absolute atomic E-state index is 13.7. The van der Waals surface area contributed by atoms with Gasteiger partial charge in [-0.15, -0.1) is 0 Å². The Kier molecular flexibility index (Phi) is 3.99. The van der Waals surface area contributed by atoms with Crippen LogP contribution < -0.4 is 10.1 Å². The third kappa shape index (κ3) is 2.54. The molecule has 1 atom stereocenters. The monoisotopic (exact) mass is 249 g/mol. The molecule has 1 heterocycles. The Labute approximate surface area is 106 Å². The fourth-order valence-electron chi connectivity index (χ4n) is 1.90. The number of hydrogen-bond acceptors (Lipinski definition) is 3. The van der Waals surface area contributed by atoms with E-state index in [2.05, 4.69) is 5.32 Å². The number of rotatable bonds is 5. The van der Waals surface area contributed by atoms with E-state index in [1.54, 1.807) is 12.3 Å². The molecular weight excluding hydrogens is 233 g/mol. The fraction of sp³-hybridized carbons (Fsp3) is 0.286. The summed E-state index contributed by atoms with van der Waals surface area (Å²) in [5, 5.41) is 3.26. The van der Waals surface area contributed by atoms with E-state index >= 15 is 0 Å². The summed E-state index contributed by atoms with van der Waals surface area (Å²) in [7, 11) is 1.45. The molecule has 4 heteroatoms. The third-order valence-corrected chi connectivity index (χ3v) is 2.75. The van der Waals surface area contributed by atoms with Gasteiger partial charge >= 0.3 is 0 Å². The highest BCUT2D eigenvalue weighted by atomic mass is 19.1. The van der Waals surface area contributed by atoms with E-state index in [1.807, 2.05) is 25.1 Å². The summed E-state index contributed by atoms with van der Waals surface area (Å²) < 4.78 is 24.0. The minimum atomic E-state index is -0.371. The molecule has 0 aliphatic carbocycles. The fourth-order valence-corrected chi connectivity index (χ4v) is 1.90. The van der Waals surface area contributed by atoms with Crippen LogP contribution in [0.15, 0.2) is 41.0 Å². The van der Waals surface area contributed by atoms with E-state index in [0.29, 0.717) is 0 Å². The number of benzene rings is 1. The van der Waals surface area contributed by atoms with Gasteiger partial charge < -0.3 is 14.5 Å².